The highest BCUT2D eigenvalue weighted by atomic mass is 16.2. The molecule has 124 valence electrons. The predicted molar refractivity (Wildman–Crippen MR) is 89.2 cm³/mol. The van der Waals surface area contributed by atoms with Crippen LogP contribution in [0.5, 0.6) is 0 Å². The number of carbonyl (C=O) groups is 1. The maximum Gasteiger partial charge on any atom is 0.224 e. The fourth-order valence-corrected chi connectivity index (χ4v) is 3.37. The molecule has 7 nitrogen and oxygen atoms in total. The molecule has 3 aromatic rings. The zero-order chi connectivity index (χ0) is 16.4. The average molecular weight is 324 g/mol. The zero-order valence-corrected chi connectivity index (χ0v) is 13.5. The number of rotatable bonds is 4. The van der Waals surface area contributed by atoms with E-state index in [4.69, 9.17) is 0 Å². The second-order valence-corrected chi connectivity index (χ2v) is 6.19. The molecule has 0 saturated carbocycles. The zero-order valence-electron chi connectivity index (χ0n) is 13.5. The largest absolute Gasteiger partial charge is 0.340 e. The van der Waals surface area contributed by atoms with E-state index in [9.17, 15) is 4.79 Å². The first-order chi connectivity index (χ1) is 11.8. The minimum Gasteiger partial charge on any atom is -0.340 e. The lowest BCUT2D eigenvalue weighted by atomic mass is 10.1. The summed E-state index contributed by atoms with van der Waals surface area (Å²) in [5.74, 6) is 0.192. The quantitative estimate of drug-likeness (QED) is 0.735. The molecule has 1 aromatic carbocycles. The van der Waals surface area contributed by atoms with Crippen molar-refractivity contribution < 1.29 is 4.79 Å². The van der Waals surface area contributed by atoms with Gasteiger partial charge in [0.25, 0.3) is 0 Å². The first-order valence-corrected chi connectivity index (χ1v) is 8.33. The van der Waals surface area contributed by atoms with Crippen LogP contribution in [0.2, 0.25) is 0 Å². The summed E-state index contributed by atoms with van der Waals surface area (Å²) in [6.07, 6.45) is 7.63. The summed E-state index contributed by atoms with van der Waals surface area (Å²) in [4.78, 5) is 22.9. The summed E-state index contributed by atoms with van der Waals surface area (Å²) >= 11 is 0. The Morgan fingerprint density at radius 2 is 2.17 bits per heavy atom. The summed E-state index contributed by atoms with van der Waals surface area (Å²) < 4.78 is 3.91. The molecule has 24 heavy (non-hydrogen) atoms. The molecule has 1 amide bonds. The number of nitrogens with zero attached hydrogens (tertiary/aromatic N) is 6. The number of fused-ring (bicyclic) bond motifs is 1. The monoisotopic (exact) mass is 324 g/mol. The Balaban J connectivity index is 1.39. The maximum atomic E-state index is 12.6. The molecule has 1 atom stereocenters. The van der Waals surface area contributed by atoms with Crippen LogP contribution >= 0.6 is 0 Å². The van der Waals surface area contributed by atoms with E-state index in [0.29, 0.717) is 19.5 Å². The molecule has 0 bridgehead atoms. The lowest BCUT2D eigenvalue weighted by Gasteiger charge is -2.32. The number of likely N-dealkylation sites (tertiary alicyclic amines) is 1. The van der Waals surface area contributed by atoms with Gasteiger partial charge in [-0.3, -0.25) is 4.79 Å². The number of aromatic nitrogens is 5. The standard InChI is InChI=1S/C17H20N6O/c24-17(7-9-22-13-19-15-5-1-2-6-16(15)22)21-8-3-4-14(10-21)23-12-18-11-20-23/h1-2,5-6,11-14H,3-4,7-10H2/t14-/m1/s1. The first kappa shape index (κ1) is 14.9. The van der Waals surface area contributed by atoms with Gasteiger partial charge in [0.05, 0.1) is 23.4 Å². The van der Waals surface area contributed by atoms with Gasteiger partial charge in [0.15, 0.2) is 0 Å². The van der Waals surface area contributed by atoms with E-state index >= 15 is 0 Å². The first-order valence-electron chi connectivity index (χ1n) is 8.33. The van der Waals surface area contributed by atoms with Gasteiger partial charge in [-0.25, -0.2) is 14.6 Å². The van der Waals surface area contributed by atoms with Gasteiger partial charge in [0.2, 0.25) is 5.91 Å². The van der Waals surface area contributed by atoms with Crippen LogP contribution in [-0.2, 0) is 11.3 Å². The van der Waals surface area contributed by atoms with Crippen molar-refractivity contribution in [1.82, 2.24) is 29.2 Å². The van der Waals surface area contributed by atoms with Crippen molar-refractivity contribution in [3.63, 3.8) is 0 Å². The Morgan fingerprint density at radius 3 is 3.04 bits per heavy atom. The van der Waals surface area contributed by atoms with Gasteiger partial charge < -0.3 is 9.47 Å². The Bertz CT molecular complexity index is 825. The molecular weight excluding hydrogens is 304 g/mol. The summed E-state index contributed by atoms with van der Waals surface area (Å²) in [7, 11) is 0. The van der Waals surface area contributed by atoms with Crippen molar-refractivity contribution >= 4 is 16.9 Å². The number of aryl methyl sites for hydroxylation is 1. The van der Waals surface area contributed by atoms with Gasteiger partial charge in [-0.05, 0) is 25.0 Å². The molecule has 0 radical (unpaired) electrons. The van der Waals surface area contributed by atoms with Crippen LogP contribution in [0.1, 0.15) is 25.3 Å². The Hall–Kier alpha value is -2.70. The van der Waals surface area contributed by atoms with Gasteiger partial charge in [-0.15, -0.1) is 0 Å². The van der Waals surface area contributed by atoms with Gasteiger partial charge >= 0.3 is 0 Å². The highest BCUT2D eigenvalue weighted by Gasteiger charge is 2.24. The second-order valence-electron chi connectivity index (χ2n) is 6.19. The number of piperidine rings is 1. The number of benzene rings is 1. The van der Waals surface area contributed by atoms with Crippen LogP contribution in [0.15, 0.2) is 43.2 Å². The molecule has 1 fully saturated rings. The van der Waals surface area contributed by atoms with Crippen LogP contribution in [0, 0.1) is 0 Å². The SMILES string of the molecule is O=C(CCn1cnc2ccccc21)N1CCC[C@@H](n2cncn2)C1. The third kappa shape index (κ3) is 2.89. The van der Waals surface area contributed by atoms with Crippen LogP contribution in [-0.4, -0.2) is 48.2 Å². The van der Waals surface area contributed by atoms with Crippen LogP contribution in [0.3, 0.4) is 0 Å². The minimum absolute atomic E-state index is 0.192. The highest BCUT2D eigenvalue weighted by molar-refractivity contribution is 5.77. The van der Waals surface area contributed by atoms with Crippen molar-refractivity contribution in [2.75, 3.05) is 13.1 Å². The summed E-state index contributed by atoms with van der Waals surface area (Å²) in [6.45, 7) is 2.20. The summed E-state index contributed by atoms with van der Waals surface area (Å²) in [5, 5.41) is 4.21. The van der Waals surface area contributed by atoms with Gasteiger partial charge in [-0.2, -0.15) is 5.10 Å². The third-order valence-electron chi connectivity index (χ3n) is 4.65. The smallest absolute Gasteiger partial charge is 0.224 e. The normalized spacial score (nSPS) is 18.2. The maximum absolute atomic E-state index is 12.6. The Kier molecular flexibility index (Phi) is 3.98. The van der Waals surface area contributed by atoms with E-state index in [-0.39, 0.29) is 11.9 Å². The molecule has 1 saturated heterocycles. The van der Waals surface area contributed by atoms with Gasteiger partial charge in [0.1, 0.15) is 12.7 Å². The predicted octanol–water partition coefficient (Wildman–Crippen LogP) is 1.88. The van der Waals surface area contributed by atoms with Crippen LogP contribution < -0.4 is 0 Å². The molecule has 7 heteroatoms. The van der Waals surface area contributed by atoms with Gasteiger partial charge in [-0.1, -0.05) is 12.1 Å². The summed E-state index contributed by atoms with van der Waals surface area (Å²) in [6, 6.07) is 8.23. The third-order valence-corrected chi connectivity index (χ3v) is 4.65. The van der Waals surface area contributed by atoms with E-state index < -0.39 is 0 Å². The number of amides is 1. The van der Waals surface area contributed by atoms with Crippen LogP contribution in [0.25, 0.3) is 11.0 Å². The molecule has 0 unspecified atom stereocenters. The van der Waals surface area contributed by atoms with E-state index in [2.05, 4.69) is 15.1 Å². The topological polar surface area (TPSA) is 68.8 Å². The fraction of sp³-hybridized carbons (Fsp3) is 0.412. The number of hydrogen-bond donors (Lipinski definition) is 0. The minimum atomic E-state index is 0.192. The van der Waals surface area contributed by atoms with E-state index in [0.717, 1.165) is 30.4 Å². The van der Waals surface area contributed by atoms with E-state index in [1.165, 1.54) is 0 Å². The molecule has 0 aliphatic carbocycles. The van der Waals surface area contributed by atoms with Crippen molar-refractivity contribution in [2.45, 2.75) is 31.8 Å². The van der Waals surface area contributed by atoms with Gasteiger partial charge in [0, 0.05) is 26.1 Å². The number of para-hydroxylation sites is 2. The molecule has 4 rings (SSSR count). The molecule has 0 spiro atoms. The Morgan fingerprint density at radius 1 is 1.25 bits per heavy atom. The van der Waals surface area contributed by atoms with Crippen molar-refractivity contribution in [2.24, 2.45) is 0 Å². The summed E-state index contributed by atoms with van der Waals surface area (Å²) in [5.41, 5.74) is 2.04. The van der Waals surface area contributed by atoms with E-state index in [1.54, 1.807) is 12.7 Å². The molecule has 2 aromatic heterocycles. The average Bonchev–Trinajstić information content (AvgIpc) is 3.30. The molecule has 3 heterocycles. The lowest BCUT2D eigenvalue weighted by molar-refractivity contribution is -0.133. The lowest BCUT2D eigenvalue weighted by Crippen LogP contribution is -2.41. The van der Waals surface area contributed by atoms with Crippen LogP contribution in [0.4, 0.5) is 0 Å². The van der Waals surface area contributed by atoms with Crippen molar-refractivity contribution in [1.29, 1.82) is 0 Å². The molecule has 0 N–H and O–H groups in total. The van der Waals surface area contributed by atoms with Crippen molar-refractivity contribution in [3.05, 3.63) is 43.2 Å². The molecule has 1 aliphatic rings. The van der Waals surface area contributed by atoms with E-state index in [1.807, 2.05) is 44.7 Å². The molecular formula is C17H20N6O. The van der Waals surface area contributed by atoms with Crippen molar-refractivity contribution in [3.8, 4) is 0 Å². The molecule has 1 aliphatic heterocycles. The number of hydrogen-bond acceptors (Lipinski definition) is 4. The highest BCUT2D eigenvalue weighted by Crippen LogP contribution is 2.21. The number of imidazole rings is 1. The number of carbonyl (C=O) groups excluding carboxylic acids is 1. The fourth-order valence-electron chi connectivity index (χ4n) is 3.37. The second kappa shape index (κ2) is 6.43. The Labute approximate surface area is 139 Å².